The SMILES string of the molecule is Cl.Cl.Fc1cc(Cl)cc([C@@H](CC2CC2)N2CCNCC2)c1. The van der Waals surface area contributed by atoms with Gasteiger partial charge in [-0.3, -0.25) is 4.90 Å². The molecule has 0 radical (unpaired) electrons. The van der Waals surface area contributed by atoms with Crippen molar-refractivity contribution in [1.29, 1.82) is 0 Å². The first kappa shape index (κ1) is 19.0. The number of piperazine rings is 1. The maximum atomic E-state index is 13.6. The van der Waals surface area contributed by atoms with E-state index in [4.69, 9.17) is 11.6 Å². The van der Waals surface area contributed by atoms with Crippen LogP contribution in [0.1, 0.15) is 30.9 Å². The molecule has 0 bridgehead atoms. The van der Waals surface area contributed by atoms with Gasteiger partial charge in [0.25, 0.3) is 0 Å². The molecule has 120 valence electrons. The van der Waals surface area contributed by atoms with E-state index in [1.54, 1.807) is 6.07 Å². The van der Waals surface area contributed by atoms with Crippen LogP contribution in [0.15, 0.2) is 18.2 Å². The maximum Gasteiger partial charge on any atom is 0.125 e. The number of hydrogen-bond donors (Lipinski definition) is 1. The molecule has 1 heterocycles. The van der Waals surface area contributed by atoms with Crippen LogP contribution in [-0.4, -0.2) is 31.1 Å². The van der Waals surface area contributed by atoms with E-state index in [0.29, 0.717) is 11.1 Å². The van der Waals surface area contributed by atoms with Crippen molar-refractivity contribution in [2.45, 2.75) is 25.3 Å². The van der Waals surface area contributed by atoms with Crippen LogP contribution in [0.25, 0.3) is 0 Å². The Hall–Kier alpha value is -0.0600. The summed E-state index contributed by atoms with van der Waals surface area (Å²) in [5, 5.41) is 3.88. The van der Waals surface area contributed by atoms with Crippen molar-refractivity contribution in [3.63, 3.8) is 0 Å². The van der Waals surface area contributed by atoms with Gasteiger partial charge in [0.05, 0.1) is 0 Å². The minimum atomic E-state index is -0.224. The van der Waals surface area contributed by atoms with Crippen molar-refractivity contribution >= 4 is 36.4 Å². The quantitative estimate of drug-likeness (QED) is 0.876. The summed E-state index contributed by atoms with van der Waals surface area (Å²) in [6.45, 7) is 4.10. The Labute approximate surface area is 143 Å². The second-order valence-electron chi connectivity index (χ2n) is 5.68. The van der Waals surface area contributed by atoms with Gasteiger partial charge in [-0.25, -0.2) is 4.39 Å². The van der Waals surface area contributed by atoms with Crippen molar-refractivity contribution in [3.05, 3.63) is 34.6 Å². The van der Waals surface area contributed by atoms with Crippen LogP contribution in [0.2, 0.25) is 5.02 Å². The molecule has 6 heteroatoms. The van der Waals surface area contributed by atoms with E-state index in [1.807, 2.05) is 6.07 Å². The van der Waals surface area contributed by atoms with Gasteiger partial charge in [-0.2, -0.15) is 0 Å². The summed E-state index contributed by atoms with van der Waals surface area (Å²) in [5.74, 6) is 0.598. The van der Waals surface area contributed by atoms with Crippen LogP contribution in [0.4, 0.5) is 4.39 Å². The first-order valence-electron chi connectivity index (χ1n) is 7.13. The molecule has 1 aromatic carbocycles. The number of rotatable bonds is 4. The number of benzene rings is 1. The zero-order valence-corrected chi connectivity index (χ0v) is 14.2. The molecule has 1 N–H and O–H groups in total. The largest absolute Gasteiger partial charge is 0.314 e. The lowest BCUT2D eigenvalue weighted by Crippen LogP contribution is -2.45. The van der Waals surface area contributed by atoms with E-state index in [1.165, 1.54) is 18.9 Å². The fraction of sp³-hybridized carbons (Fsp3) is 0.600. The lowest BCUT2D eigenvalue weighted by atomic mass is 9.98. The Morgan fingerprint density at radius 3 is 2.43 bits per heavy atom. The molecule has 2 fully saturated rings. The lowest BCUT2D eigenvalue weighted by Gasteiger charge is -2.35. The smallest absolute Gasteiger partial charge is 0.125 e. The van der Waals surface area contributed by atoms with E-state index in [0.717, 1.165) is 44.1 Å². The molecule has 3 rings (SSSR count). The fourth-order valence-corrected chi connectivity index (χ4v) is 3.16. The highest BCUT2D eigenvalue weighted by atomic mass is 35.5. The van der Waals surface area contributed by atoms with Crippen molar-refractivity contribution < 1.29 is 4.39 Å². The minimum Gasteiger partial charge on any atom is -0.314 e. The summed E-state index contributed by atoms with van der Waals surface area (Å²) in [7, 11) is 0. The predicted molar refractivity (Wildman–Crippen MR) is 90.4 cm³/mol. The molecule has 1 aliphatic heterocycles. The molecule has 0 aromatic heterocycles. The Morgan fingerprint density at radius 1 is 1.19 bits per heavy atom. The van der Waals surface area contributed by atoms with Crippen LogP contribution < -0.4 is 5.32 Å². The molecule has 21 heavy (non-hydrogen) atoms. The summed E-state index contributed by atoms with van der Waals surface area (Å²) in [5.41, 5.74) is 1.04. The number of hydrogen-bond acceptors (Lipinski definition) is 2. The predicted octanol–water partition coefficient (Wildman–Crippen LogP) is 4.07. The monoisotopic (exact) mass is 354 g/mol. The number of halogens is 4. The van der Waals surface area contributed by atoms with Crippen molar-refractivity contribution in [3.8, 4) is 0 Å². The van der Waals surface area contributed by atoms with Gasteiger partial charge >= 0.3 is 0 Å². The van der Waals surface area contributed by atoms with Gasteiger partial charge in [0, 0.05) is 37.2 Å². The highest BCUT2D eigenvalue weighted by molar-refractivity contribution is 6.30. The molecule has 1 aromatic rings. The number of nitrogens with zero attached hydrogens (tertiary/aromatic N) is 1. The molecule has 1 saturated carbocycles. The molecule has 0 unspecified atom stereocenters. The maximum absolute atomic E-state index is 13.6. The Balaban J connectivity index is 0.00000110. The van der Waals surface area contributed by atoms with Crippen LogP contribution in [0.5, 0.6) is 0 Å². The normalized spacial score (nSPS) is 20.3. The average molecular weight is 356 g/mol. The molecule has 2 aliphatic rings. The Bertz CT molecular complexity index is 428. The van der Waals surface area contributed by atoms with Crippen LogP contribution in [0, 0.1) is 11.7 Å². The molecule has 0 amide bonds. The summed E-state index contributed by atoms with van der Waals surface area (Å²) < 4.78 is 13.6. The van der Waals surface area contributed by atoms with Crippen molar-refractivity contribution in [2.24, 2.45) is 5.92 Å². The second kappa shape index (κ2) is 8.54. The van der Waals surface area contributed by atoms with Crippen molar-refractivity contribution in [1.82, 2.24) is 10.2 Å². The zero-order chi connectivity index (χ0) is 13.2. The molecular weight excluding hydrogens is 334 g/mol. The highest BCUT2D eigenvalue weighted by Crippen LogP contribution is 2.40. The topological polar surface area (TPSA) is 15.3 Å². The van der Waals surface area contributed by atoms with Gasteiger partial charge in [-0.1, -0.05) is 24.4 Å². The van der Waals surface area contributed by atoms with E-state index in [-0.39, 0.29) is 30.6 Å². The lowest BCUT2D eigenvalue weighted by molar-refractivity contribution is 0.160. The average Bonchev–Trinajstić information content (AvgIpc) is 3.20. The third-order valence-electron chi connectivity index (χ3n) is 4.12. The van der Waals surface area contributed by atoms with Crippen LogP contribution in [-0.2, 0) is 0 Å². The molecular formula is C15H22Cl3FN2. The first-order valence-corrected chi connectivity index (χ1v) is 7.51. The highest BCUT2D eigenvalue weighted by Gasteiger charge is 2.30. The summed E-state index contributed by atoms with van der Waals surface area (Å²) in [4.78, 5) is 2.47. The Morgan fingerprint density at radius 2 is 1.86 bits per heavy atom. The van der Waals surface area contributed by atoms with Crippen LogP contribution >= 0.6 is 36.4 Å². The van der Waals surface area contributed by atoms with Crippen LogP contribution in [0.3, 0.4) is 0 Å². The fourth-order valence-electron chi connectivity index (χ4n) is 2.93. The van der Waals surface area contributed by atoms with Crippen molar-refractivity contribution in [2.75, 3.05) is 26.2 Å². The van der Waals surface area contributed by atoms with E-state index in [9.17, 15) is 4.39 Å². The molecule has 1 aliphatic carbocycles. The van der Waals surface area contributed by atoms with Gasteiger partial charge in [0.2, 0.25) is 0 Å². The Kier molecular flexibility index (Phi) is 7.72. The van der Waals surface area contributed by atoms with E-state index in [2.05, 4.69) is 10.2 Å². The van der Waals surface area contributed by atoms with Gasteiger partial charge < -0.3 is 5.32 Å². The van der Waals surface area contributed by atoms with E-state index < -0.39 is 0 Å². The number of nitrogens with one attached hydrogen (secondary N) is 1. The van der Waals surface area contributed by atoms with E-state index >= 15 is 0 Å². The summed E-state index contributed by atoms with van der Waals surface area (Å²) in [6.07, 6.45) is 3.79. The summed E-state index contributed by atoms with van der Waals surface area (Å²) in [6, 6.07) is 5.29. The standard InChI is InChI=1S/C15H20ClFN2.2ClH/c16-13-8-12(9-14(17)10-13)15(7-11-1-2-11)19-5-3-18-4-6-19;;/h8-11,15,18H,1-7H2;2*1H/t15-;;/m1../s1. The van der Waals surface area contributed by atoms with Gasteiger partial charge in [-0.15, -0.1) is 24.8 Å². The third-order valence-corrected chi connectivity index (χ3v) is 4.33. The molecule has 0 spiro atoms. The van der Waals surface area contributed by atoms with Gasteiger partial charge in [-0.05, 0) is 36.1 Å². The molecule has 1 atom stereocenters. The zero-order valence-electron chi connectivity index (χ0n) is 11.9. The van der Waals surface area contributed by atoms with Gasteiger partial charge in [0.15, 0.2) is 0 Å². The molecule has 2 nitrogen and oxygen atoms in total. The third kappa shape index (κ3) is 5.26. The van der Waals surface area contributed by atoms with Gasteiger partial charge in [0.1, 0.15) is 5.82 Å². The summed E-state index contributed by atoms with van der Waals surface area (Å²) >= 11 is 6.01. The minimum absolute atomic E-state index is 0. The first-order chi connectivity index (χ1) is 9.22. The molecule has 1 saturated heterocycles. The second-order valence-corrected chi connectivity index (χ2v) is 6.12.